The van der Waals surface area contributed by atoms with Crippen molar-refractivity contribution in [2.75, 3.05) is 0 Å². The van der Waals surface area contributed by atoms with Crippen molar-refractivity contribution in [2.45, 2.75) is 13.1 Å². The third-order valence-corrected chi connectivity index (χ3v) is 4.77. The highest BCUT2D eigenvalue weighted by atomic mass is 79.9. The molecule has 0 aliphatic rings. The van der Waals surface area contributed by atoms with E-state index in [1.807, 2.05) is 0 Å². The Morgan fingerprint density at radius 3 is 2.45 bits per heavy atom. The number of thiophene rings is 1. The SMILES string of the molecule is Cc1cc(C(=O)c2cccc(C(F)(F)F)c2F)sc1Br. The third-order valence-electron chi connectivity index (χ3n) is 2.63. The molecule has 0 radical (unpaired) electrons. The lowest BCUT2D eigenvalue weighted by Crippen LogP contribution is -2.12. The van der Waals surface area contributed by atoms with Gasteiger partial charge in [0.2, 0.25) is 5.78 Å². The van der Waals surface area contributed by atoms with Crippen LogP contribution in [0.25, 0.3) is 0 Å². The molecule has 0 fully saturated rings. The van der Waals surface area contributed by atoms with Gasteiger partial charge in [-0.05, 0) is 46.6 Å². The maximum atomic E-state index is 13.9. The van der Waals surface area contributed by atoms with Crippen molar-refractivity contribution < 1.29 is 22.4 Å². The van der Waals surface area contributed by atoms with Crippen LogP contribution in [0.3, 0.4) is 0 Å². The Morgan fingerprint density at radius 2 is 1.95 bits per heavy atom. The third kappa shape index (κ3) is 2.78. The Kier molecular flexibility index (Phi) is 4.02. The monoisotopic (exact) mass is 366 g/mol. The molecule has 0 spiro atoms. The molecule has 0 unspecified atom stereocenters. The number of aryl methyl sites for hydroxylation is 1. The van der Waals surface area contributed by atoms with E-state index in [2.05, 4.69) is 15.9 Å². The fourth-order valence-corrected chi connectivity index (χ4v) is 3.12. The quantitative estimate of drug-likeness (QED) is 0.526. The molecule has 2 aromatic rings. The zero-order chi connectivity index (χ0) is 15.1. The highest BCUT2D eigenvalue weighted by molar-refractivity contribution is 9.11. The summed E-state index contributed by atoms with van der Waals surface area (Å²) in [6, 6.07) is 4.20. The number of hydrogen-bond acceptors (Lipinski definition) is 2. The fourth-order valence-electron chi connectivity index (χ4n) is 1.63. The zero-order valence-electron chi connectivity index (χ0n) is 10.0. The van der Waals surface area contributed by atoms with E-state index in [4.69, 9.17) is 0 Å². The summed E-state index contributed by atoms with van der Waals surface area (Å²) in [7, 11) is 0. The molecule has 0 N–H and O–H groups in total. The van der Waals surface area contributed by atoms with Gasteiger partial charge in [0, 0.05) is 0 Å². The molecule has 1 nitrogen and oxygen atoms in total. The molecule has 20 heavy (non-hydrogen) atoms. The van der Waals surface area contributed by atoms with E-state index in [1.165, 1.54) is 6.07 Å². The minimum absolute atomic E-state index is 0.188. The summed E-state index contributed by atoms with van der Waals surface area (Å²) in [5.74, 6) is -2.29. The summed E-state index contributed by atoms with van der Waals surface area (Å²) < 4.78 is 52.4. The van der Waals surface area contributed by atoms with Gasteiger partial charge >= 0.3 is 6.18 Å². The molecule has 1 heterocycles. The van der Waals surface area contributed by atoms with Crippen molar-refractivity contribution >= 4 is 33.0 Å². The van der Waals surface area contributed by atoms with Crippen molar-refractivity contribution in [3.05, 3.63) is 55.4 Å². The average Bonchev–Trinajstić information content (AvgIpc) is 2.67. The number of ketones is 1. The summed E-state index contributed by atoms with van der Waals surface area (Å²) >= 11 is 4.27. The number of carbonyl (C=O) groups excluding carboxylic acids is 1. The molecule has 0 bridgehead atoms. The maximum Gasteiger partial charge on any atom is 0.419 e. The van der Waals surface area contributed by atoms with Crippen LogP contribution in [0.2, 0.25) is 0 Å². The second kappa shape index (κ2) is 5.29. The van der Waals surface area contributed by atoms with Crippen molar-refractivity contribution in [1.29, 1.82) is 0 Å². The Bertz CT molecular complexity index is 656. The minimum atomic E-state index is -4.83. The van der Waals surface area contributed by atoms with Gasteiger partial charge in [-0.1, -0.05) is 6.07 Å². The second-order valence-electron chi connectivity index (χ2n) is 4.06. The normalized spacial score (nSPS) is 11.7. The molecule has 0 atom stereocenters. The standard InChI is InChI=1S/C13H7BrF4OS/c1-6-5-9(20-12(6)14)11(19)7-3-2-4-8(10(7)15)13(16,17)18/h2-5H,1H3. The summed E-state index contributed by atoms with van der Waals surface area (Å²) in [4.78, 5) is 12.3. The van der Waals surface area contributed by atoms with Crippen molar-refractivity contribution in [1.82, 2.24) is 0 Å². The number of hydrogen-bond donors (Lipinski definition) is 0. The van der Waals surface area contributed by atoms with Gasteiger partial charge in [-0.15, -0.1) is 11.3 Å². The number of alkyl halides is 3. The molecule has 0 aliphatic carbocycles. The molecule has 0 amide bonds. The molecule has 1 aromatic carbocycles. The maximum absolute atomic E-state index is 13.9. The lowest BCUT2D eigenvalue weighted by atomic mass is 10.0. The molecule has 106 valence electrons. The van der Waals surface area contributed by atoms with Gasteiger partial charge in [-0.25, -0.2) is 4.39 Å². The van der Waals surface area contributed by atoms with E-state index in [9.17, 15) is 22.4 Å². The van der Waals surface area contributed by atoms with E-state index in [1.54, 1.807) is 6.92 Å². The van der Waals surface area contributed by atoms with Crippen LogP contribution in [-0.2, 0) is 6.18 Å². The first-order valence-corrected chi connectivity index (χ1v) is 6.99. The van der Waals surface area contributed by atoms with Gasteiger partial charge in [0.25, 0.3) is 0 Å². The summed E-state index contributed by atoms with van der Waals surface area (Å²) in [6.07, 6.45) is -4.83. The highest BCUT2D eigenvalue weighted by Crippen LogP contribution is 2.34. The van der Waals surface area contributed by atoms with E-state index >= 15 is 0 Å². The van der Waals surface area contributed by atoms with Gasteiger partial charge in [-0.3, -0.25) is 4.79 Å². The zero-order valence-corrected chi connectivity index (χ0v) is 12.4. The van der Waals surface area contributed by atoms with Crippen molar-refractivity contribution in [2.24, 2.45) is 0 Å². The highest BCUT2D eigenvalue weighted by Gasteiger charge is 2.35. The van der Waals surface area contributed by atoms with E-state index in [0.717, 1.165) is 29.0 Å². The summed E-state index contributed by atoms with van der Waals surface area (Å²) in [5.41, 5.74) is -1.24. The molecule has 7 heteroatoms. The number of benzene rings is 1. The van der Waals surface area contributed by atoms with E-state index in [-0.39, 0.29) is 4.88 Å². The molecule has 2 rings (SSSR count). The van der Waals surface area contributed by atoms with Crippen LogP contribution in [0, 0.1) is 12.7 Å². The Morgan fingerprint density at radius 1 is 1.30 bits per heavy atom. The number of rotatable bonds is 2. The summed E-state index contributed by atoms with van der Waals surface area (Å²) in [6.45, 7) is 1.74. The van der Waals surface area contributed by atoms with Crippen LogP contribution in [0.15, 0.2) is 28.1 Å². The molecular formula is C13H7BrF4OS. The predicted molar refractivity (Wildman–Crippen MR) is 71.6 cm³/mol. The van der Waals surface area contributed by atoms with Crippen molar-refractivity contribution in [3.63, 3.8) is 0 Å². The Balaban J connectivity index is 2.51. The van der Waals surface area contributed by atoms with Gasteiger partial charge in [0.1, 0.15) is 5.82 Å². The number of halogens is 5. The first-order chi connectivity index (χ1) is 9.21. The molecule has 0 saturated carbocycles. The number of carbonyl (C=O) groups is 1. The Hall–Kier alpha value is -1.21. The first kappa shape index (κ1) is 15.2. The van der Waals surface area contributed by atoms with Gasteiger partial charge in [-0.2, -0.15) is 13.2 Å². The molecular weight excluding hydrogens is 360 g/mol. The van der Waals surface area contributed by atoms with Crippen LogP contribution in [0.5, 0.6) is 0 Å². The van der Waals surface area contributed by atoms with Gasteiger partial charge in [0.05, 0.1) is 19.8 Å². The largest absolute Gasteiger partial charge is 0.419 e. The second-order valence-corrected chi connectivity index (χ2v) is 6.43. The van der Waals surface area contributed by atoms with E-state index in [0.29, 0.717) is 9.85 Å². The van der Waals surface area contributed by atoms with E-state index < -0.39 is 28.9 Å². The Labute approximate surface area is 124 Å². The van der Waals surface area contributed by atoms with Crippen LogP contribution in [0.1, 0.15) is 26.4 Å². The van der Waals surface area contributed by atoms with Crippen LogP contribution in [-0.4, -0.2) is 5.78 Å². The van der Waals surface area contributed by atoms with Crippen LogP contribution in [0.4, 0.5) is 17.6 Å². The van der Waals surface area contributed by atoms with Crippen LogP contribution < -0.4 is 0 Å². The minimum Gasteiger partial charge on any atom is -0.288 e. The van der Waals surface area contributed by atoms with Gasteiger partial charge < -0.3 is 0 Å². The molecule has 0 saturated heterocycles. The topological polar surface area (TPSA) is 17.1 Å². The van der Waals surface area contributed by atoms with Crippen molar-refractivity contribution in [3.8, 4) is 0 Å². The lowest BCUT2D eigenvalue weighted by molar-refractivity contribution is -0.140. The lowest BCUT2D eigenvalue weighted by Gasteiger charge is -2.10. The fraction of sp³-hybridized carbons (Fsp3) is 0.154. The summed E-state index contributed by atoms with van der Waals surface area (Å²) in [5, 5.41) is 0. The average molecular weight is 367 g/mol. The predicted octanol–water partition coefficient (Wildman–Crippen LogP) is 5.21. The molecule has 0 aliphatic heterocycles. The van der Waals surface area contributed by atoms with Crippen LogP contribution >= 0.6 is 27.3 Å². The first-order valence-electron chi connectivity index (χ1n) is 5.38. The molecule has 1 aromatic heterocycles. The van der Waals surface area contributed by atoms with Gasteiger partial charge in [0.15, 0.2) is 0 Å². The smallest absolute Gasteiger partial charge is 0.288 e.